The highest BCUT2D eigenvalue weighted by atomic mass is 16.5. The van der Waals surface area contributed by atoms with Crippen molar-refractivity contribution in [3.05, 3.63) is 12.2 Å². The maximum atomic E-state index is 9.98. The first kappa shape index (κ1) is 11.1. The van der Waals surface area contributed by atoms with Gasteiger partial charge >= 0.3 is 0 Å². The van der Waals surface area contributed by atoms with E-state index in [4.69, 9.17) is 4.74 Å². The maximum absolute atomic E-state index is 9.98. The maximum Gasteiger partial charge on any atom is 0.138 e. The summed E-state index contributed by atoms with van der Waals surface area (Å²) in [5.74, 6) is 0.783. The minimum Gasteiger partial charge on any atom is -0.390 e. The van der Waals surface area contributed by atoms with Crippen molar-refractivity contribution in [3.8, 4) is 0 Å². The number of rotatable bonds is 5. The van der Waals surface area contributed by atoms with Crippen molar-refractivity contribution < 1.29 is 9.84 Å². The first-order valence-corrected chi connectivity index (χ1v) is 4.59. The van der Waals surface area contributed by atoms with Crippen molar-refractivity contribution in [3.63, 3.8) is 0 Å². The quantitative estimate of drug-likeness (QED) is 0.733. The molecule has 0 radical (unpaired) electrons. The van der Waals surface area contributed by atoms with E-state index in [1.165, 1.54) is 6.33 Å². The Balaban J connectivity index is 2.54. The number of hydrogen-bond donors (Lipinski definition) is 1. The van der Waals surface area contributed by atoms with E-state index in [-0.39, 0.29) is 0 Å². The number of aliphatic hydroxyl groups is 1. The van der Waals surface area contributed by atoms with Crippen molar-refractivity contribution in [1.29, 1.82) is 0 Å². The Morgan fingerprint density at radius 2 is 2.36 bits per heavy atom. The molecule has 1 aromatic rings. The molecule has 0 spiro atoms. The third-order valence-corrected chi connectivity index (χ3v) is 2.19. The lowest BCUT2D eigenvalue weighted by molar-refractivity contribution is 0.0226. The zero-order valence-corrected chi connectivity index (χ0v) is 8.90. The SMILES string of the molecule is COCCC(C)(O)Cc1ncnn1C. The molecule has 1 unspecified atom stereocenters. The third kappa shape index (κ3) is 3.08. The molecule has 1 heterocycles. The lowest BCUT2D eigenvalue weighted by Gasteiger charge is -2.21. The van der Waals surface area contributed by atoms with E-state index in [0.717, 1.165) is 5.82 Å². The summed E-state index contributed by atoms with van der Waals surface area (Å²) in [5.41, 5.74) is -0.781. The Labute approximate surface area is 83.7 Å². The topological polar surface area (TPSA) is 60.2 Å². The van der Waals surface area contributed by atoms with Crippen molar-refractivity contribution in [2.45, 2.75) is 25.4 Å². The number of methoxy groups -OCH3 is 1. The minimum atomic E-state index is -0.781. The zero-order valence-electron chi connectivity index (χ0n) is 8.90. The molecular weight excluding hydrogens is 182 g/mol. The fourth-order valence-corrected chi connectivity index (χ4v) is 1.23. The molecule has 1 aromatic heterocycles. The van der Waals surface area contributed by atoms with Crippen LogP contribution in [0.1, 0.15) is 19.2 Å². The van der Waals surface area contributed by atoms with Crippen LogP contribution in [0, 0.1) is 0 Å². The van der Waals surface area contributed by atoms with Crippen LogP contribution >= 0.6 is 0 Å². The van der Waals surface area contributed by atoms with E-state index >= 15 is 0 Å². The molecule has 0 aliphatic rings. The van der Waals surface area contributed by atoms with Gasteiger partial charge in [0.1, 0.15) is 12.2 Å². The molecule has 0 saturated heterocycles. The van der Waals surface area contributed by atoms with E-state index in [1.54, 1.807) is 18.7 Å². The van der Waals surface area contributed by atoms with Gasteiger partial charge in [0.25, 0.3) is 0 Å². The summed E-state index contributed by atoms with van der Waals surface area (Å²) in [6, 6.07) is 0. The number of ether oxygens (including phenoxy) is 1. The summed E-state index contributed by atoms with van der Waals surface area (Å²) in [7, 11) is 3.44. The van der Waals surface area contributed by atoms with Crippen LogP contribution in [0.25, 0.3) is 0 Å². The monoisotopic (exact) mass is 199 g/mol. The van der Waals surface area contributed by atoms with Gasteiger partial charge in [-0.2, -0.15) is 5.10 Å². The van der Waals surface area contributed by atoms with Crippen LogP contribution in [-0.2, 0) is 18.2 Å². The Morgan fingerprint density at radius 1 is 1.64 bits per heavy atom. The van der Waals surface area contributed by atoms with Crippen LogP contribution in [0.4, 0.5) is 0 Å². The van der Waals surface area contributed by atoms with E-state index in [2.05, 4.69) is 10.1 Å². The smallest absolute Gasteiger partial charge is 0.138 e. The molecule has 0 aromatic carbocycles. The second kappa shape index (κ2) is 4.52. The molecule has 1 atom stereocenters. The van der Waals surface area contributed by atoms with Crippen LogP contribution in [0.15, 0.2) is 6.33 Å². The Kier molecular flexibility index (Phi) is 3.60. The predicted molar refractivity (Wildman–Crippen MR) is 51.8 cm³/mol. The van der Waals surface area contributed by atoms with E-state index in [1.807, 2.05) is 7.05 Å². The molecule has 80 valence electrons. The van der Waals surface area contributed by atoms with Gasteiger partial charge in [0.05, 0.1) is 5.60 Å². The van der Waals surface area contributed by atoms with Crippen LogP contribution < -0.4 is 0 Å². The van der Waals surface area contributed by atoms with Gasteiger partial charge in [0.2, 0.25) is 0 Å². The highest BCUT2D eigenvalue weighted by Crippen LogP contribution is 2.14. The minimum absolute atomic E-state index is 0.493. The molecule has 1 N–H and O–H groups in total. The van der Waals surface area contributed by atoms with Crippen molar-refractivity contribution in [1.82, 2.24) is 14.8 Å². The van der Waals surface area contributed by atoms with Crippen LogP contribution in [0.3, 0.4) is 0 Å². The van der Waals surface area contributed by atoms with Gasteiger partial charge in [-0.05, 0) is 13.3 Å². The Morgan fingerprint density at radius 3 is 2.86 bits per heavy atom. The zero-order chi connectivity index (χ0) is 10.6. The summed E-state index contributed by atoms with van der Waals surface area (Å²) >= 11 is 0. The first-order valence-electron chi connectivity index (χ1n) is 4.59. The number of aryl methyl sites for hydroxylation is 1. The van der Waals surface area contributed by atoms with Gasteiger partial charge in [0.15, 0.2) is 0 Å². The number of hydrogen-bond acceptors (Lipinski definition) is 4. The number of nitrogens with zero attached hydrogens (tertiary/aromatic N) is 3. The summed E-state index contributed by atoms with van der Waals surface area (Å²) in [6.07, 6.45) is 2.57. The summed E-state index contributed by atoms with van der Waals surface area (Å²) in [4.78, 5) is 4.06. The molecular formula is C9H17N3O2. The second-order valence-electron chi connectivity index (χ2n) is 3.72. The average molecular weight is 199 g/mol. The molecule has 0 saturated carbocycles. The van der Waals surface area contributed by atoms with Crippen molar-refractivity contribution in [2.24, 2.45) is 7.05 Å². The molecule has 0 bridgehead atoms. The highest BCUT2D eigenvalue weighted by molar-refractivity contribution is 4.91. The fraction of sp³-hybridized carbons (Fsp3) is 0.778. The lowest BCUT2D eigenvalue weighted by atomic mass is 9.98. The van der Waals surface area contributed by atoms with E-state index in [0.29, 0.717) is 19.4 Å². The summed E-state index contributed by atoms with van der Waals surface area (Å²) < 4.78 is 6.59. The Hall–Kier alpha value is -0.940. The molecule has 1 rings (SSSR count). The molecule has 0 aliphatic heterocycles. The van der Waals surface area contributed by atoms with Gasteiger partial charge in [-0.3, -0.25) is 4.68 Å². The van der Waals surface area contributed by atoms with Gasteiger partial charge in [-0.15, -0.1) is 0 Å². The van der Waals surface area contributed by atoms with E-state index < -0.39 is 5.60 Å². The highest BCUT2D eigenvalue weighted by Gasteiger charge is 2.22. The standard InChI is InChI=1S/C9H17N3O2/c1-9(13,4-5-14-3)6-8-10-7-11-12(8)2/h7,13H,4-6H2,1-3H3. The predicted octanol–water partition coefficient (Wildman–Crippen LogP) is 0.145. The molecule has 5 nitrogen and oxygen atoms in total. The normalized spacial score (nSPS) is 15.4. The lowest BCUT2D eigenvalue weighted by Crippen LogP contribution is -2.30. The molecule has 0 amide bonds. The van der Waals surface area contributed by atoms with Crippen molar-refractivity contribution in [2.75, 3.05) is 13.7 Å². The molecule has 0 aliphatic carbocycles. The fourth-order valence-electron chi connectivity index (χ4n) is 1.23. The molecule has 14 heavy (non-hydrogen) atoms. The second-order valence-corrected chi connectivity index (χ2v) is 3.72. The van der Waals surface area contributed by atoms with Crippen molar-refractivity contribution >= 4 is 0 Å². The summed E-state index contributed by atoms with van der Waals surface area (Å²) in [6.45, 7) is 2.32. The van der Waals surface area contributed by atoms with Gasteiger partial charge < -0.3 is 9.84 Å². The third-order valence-electron chi connectivity index (χ3n) is 2.19. The average Bonchev–Trinajstić information content (AvgIpc) is 2.48. The molecule has 0 fully saturated rings. The molecule has 5 heteroatoms. The summed E-state index contributed by atoms with van der Waals surface area (Å²) in [5, 5.41) is 13.9. The van der Waals surface area contributed by atoms with Gasteiger partial charge in [0, 0.05) is 27.2 Å². The van der Waals surface area contributed by atoms with Crippen LogP contribution in [0.5, 0.6) is 0 Å². The first-order chi connectivity index (χ1) is 6.55. The van der Waals surface area contributed by atoms with Gasteiger partial charge in [-0.1, -0.05) is 0 Å². The van der Waals surface area contributed by atoms with Crippen LogP contribution in [0.2, 0.25) is 0 Å². The number of aromatic nitrogens is 3. The van der Waals surface area contributed by atoms with Gasteiger partial charge in [-0.25, -0.2) is 4.98 Å². The van der Waals surface area contributed by atoms with Crippen LogP contribution in [-0.4, -0.2) is 39.2 Å². The van der Waals surface area contributed by atoms with E-state index in [9.17, 15) is 5.11 Å². The Bertz CT molecular complexity index is 283. The largest absolute Gasteiger partial charge is 0.390 e.